The summed E-state index contributed by atoms with van der Waals surface area (Å²) in [5.41, 5.74) is 11.6. The van der Waals surface area contributed by atoms with Crippen molar-refractivity contribution >= 4 is 22.5 Å². The molecule has 0 aliphatic carbocycles. The number of hydrogen-bond acceptors (Lipinski definition) is 5. The SMILES string of the molecule is COCCn1ccc2c(NC(=O)C3CC(c4c(C)nn(C)c4C)NN3)cccc21. The van der Waals surface area contributed by atoms with Crippen molar-refractivity contribution in [3.05, 3.63) is 47.4 Å². The van der Waals surface area contributed by atoms with Crippen LogP contribution >= 0.6 is 0 Å². The summed E-state index contributed by atoms with van der Waals surface area (Å²) in [7, 11) is 3.64. The first-order chi connectivity index (χ1) is 14.0. The van der Waals surface area contributed by atoms with Crippen molar-refractivity contribution in [2.45, 2.75) is 38.9 Å². The van der Waals surface area contributed by atoms with Gasteiger partial charge in [0, 0.05) is 43.5 Å². The Bertz CT molecular complexity index is 1040. The zero-order valence-corrected chi connectivity index (χ0v) is 17.3. The molecule has 0 radical (unpaired) electrons. The Labute approximate surface area is 170 Å². The van der Waals surface area contributed by atoms with Crippen LogP contribution in [0.3, 0.4) is 0 Å². The number of rotatable bonds is 6. The lowest BCUT2D eigenvalue weighted by atomic mass is 10.00. The Morgan fingerprint density at radius 3 is 2.86 bits per heavy atom. The van der Waals surface area contributed by atoms with Crippen LogP contribution in [0, 0.1) is 13.8 Å². The maximum atomic E-state index is 12.9. The molecule has 0 saturated carbocycles. The third kappa shape index (κ3) is 3.66. The predicted molar refractivity (Wildman–Crippen MR) is 113 cm³/mol. The molecule has 8 nitrogen and oxygen atoms in total. The van der Waals surface area contributed by atoms with Crippen LogP contribution in [0.25, 0.3) is 10.9 Å². The Morgan fingerprint density at radius 1 is 1.31 bits per heavy atom. The van der Waals surface area contributed by atoms with Crippen molar-refractivity contribution in [3.63, 3.8) is 0 Å². The van der Waals surface area contributed by atoms with Crippen molar-refractivity contribution < 1.29 is 9.53 Å². The number of ether oxygens (including phenoxy) is 1. The topological polar surface area (TPSA) is 85.1 Å². The predicted octanol–water partition coefficient (Wildman–Crippen LogP) is 2.18. The monoisotopic (exact) mass is 396 g/mol. The smallest absolute Gasteiger partial charge is 0.242 e. The number of carbonyl (C=O) groups excluding carboxylic acids is 1. The van der Waals surface area contributed by atoms with E-state index in [4.69, 9.17) is 4.74 Å². The molecule has 2 atom stereocenters. The second-order valence-electron chi connectivity index (χ2n) is 7.57. The summed E-state index contributed by atoms with van der Waals surface area (Å²) >= 11 is 0. The van der Waals surface area contributed by atoms with Crippen molar-refractivity contribution in [3.8, 4) is 0 Å². The molecule has 1 fully saturated rings. The van der Waals surface area contributed by atoms with Crippen LogP contribution in [-0.2, 0) is 23.1 Å². The molecule has 2 aromatic heterocycles. The average molecular weight is 396 g/mol. The highest BCUT2D eigenvalue weighted by atomic mass is 16.5. The van der Waals surface area contributed by atoms with Gasteiger partial charge in [-0.25, -0.2) is 10.9 Å². The maximum absolute atomic E-state index is 12.9. The van der Waals surface area contributed by atoms with Gasteiger partial charge >= 0.3 is 0 Å². The van der Waals surface area contributed by atoms with Crippen LogP contribution in [0.5, 0.6) is 0 Å². The van der Waals surface area contributed by atoms with Gasteiger partial charge in [-0.15, -0.1) is 0 Å². The van der Waals surface area contributed by atoms with Crippen LogP contribution in [0.15, 0.2) is 30.5 Å². The number of anilines is 1. The minimum atomic E-state index is -0.315. The molecular formula is C21H28N6O2. The highest BCUT2D eigenvalue weighted by molar-refractivity contribution is 6.03. The molecule has 1 amide bonds. The van der Waals surface area contributed by atoms with E-state index in [0.717, 1.165) is 40.1 Å². The standard InChI is InChI=1S/C21H28N6O2/c1-13-20(14(2)26(3)25-13)17-12-18(24-23-17)21(28)22-16-6-5-7-19-15(16)8-9-27(19)10-11-29-4/h5-9,17-18,23-24H,10-12H2,1-4H3,(H,22,28). The fourth-order valence-electron chi connectivity index (χ4n) is 4.15. The number of nitrogens with one attached hydrogen (secondary N) is 3. The van der Waals surface area contributed by atoms with Crippen molar-refractivity contribution in [1.82, 2.24) is 25.2 Å². The summed E-state index contributed by atoms with van der Waals surface area (Å²) in [5.74, 6) is -0.0451. The molecule has 1 saturated heterocycles. The summed E-state index contributed by atoms with van der Waals surface area (Å²) in [6.45, 7) is 5.48. The van der Waals surface area contributed by atoms with E-state index in [2.05, 4.69) is 38.8 Å². The van der Waals surface area contributed by atoms with Gasteiger partial charge in [0.05, 0.1) is 29.5 Å². The number of hydrazine groups is 1. The third-order valence-corrected chi connectivity index (χ3v) is 5.74. The van der Waals surface area contributed by atoms with Gasteiger partial charge in [0.1, 0.15) is 6.04 Å². The van der Waals surface area contributed by atoms with E-state index < -0.39 is 0 Å². The number of aromatic nitrogens is 3. The van der Waals surface area contributed by atoms with Crippen molar-refractivity contribution in [2.24, 2.45) is 7.05 Å². The molecule has 8 heteroatoms. The van der Waals surface area contributed by atoms with E-state index in [0.29, 0.717) is 13.0 Å². The summed E-state index contributed by atoms with van der Waals surface area (Å²) in [4.78, 5) is 12.9. The minimum absolute atomic E-state index is 0.0451. The minimum Gasteiger partial charge on any atom is -0.383 e. The maximum Gasteiger partial charge on any atom is 0.242 e. The molecule has 29 heavy (non-hydrogen) atoms. The van der Waals surface area contributed by atoms with E-state index in [1.54, 1.807) is 7.11 Å². The van der Waals surface area contributed by atoms with Gasteiger partial charge < -0.3 is 14.6 Å². The van der Waals surface area contributed by atoms with Gasteiger partial charge in [-0.05, 0) is 38.5 Å². The molecule has 4 rings (SSSR count). The van der Waals surface area contributed by atoms with E-state index >= 15 is 0 Å². The Kier molecular flexibility index (Phi) is 5.40. The zero-order valence-electron chi connectivity index (χ0n) is 17.3. The quantitative estimate of drug-likeness (QED) is 0.595. The van der Waals surface area contributed by atoms with Crippen molar-refractivity contribution in [2.75, 3.05) is 19.0 Å². The first-order valence-corrected chi connectivity index (χ1v) is 9.88. The van der Waals surface area contributed by atoms with Gasteiger partial charge in [0.15, 0.2) is 0 Å². The second kappa shape index (κ2) is 7.98. The molecule has 0 bridgehead atoms. The number of carbonyl (C=O) groups is 1. The Morgan fingerprint density at radius 2 is 2.14 bits per heavy atom. The molecular weight excluding hydrogens is 368 g/mol. The van der Waals surface area contributed by atoms with E-state index in [1.165, 1.54) is 0 Å². The summed E-state index contributed by atoms with van der Waals surface area (Å²) in [6.07, 6.45) is 2.70. The van der Waals surface area contributed by atoms with Crippen molar-refractivity contribution in [1.29, 1.82) is 0 Å². The number of fused-ring (bicyclic) bond motifs is 1. The van der Waals surface area contributed by atoms with Gasteiger partial charge in [0.25, 0.3) is 0 Å². The van der Waals surface area contributed by atoms with Gasteiger partial charge in [-0.1, -0.05) is 6.07 Å². The molecule has 3 N–H and O–H groups in total. The van der Waals surface area contributed by atoms with Crippen LogP contribution in [0.2, 0.25) is 0 Å². The number of amides is 1. The van der Waals surface area contributed by atoms with E-state index in [-0.39, 0.29) is 18.0 Å². The molecule has 1 aliphatic heterocycles. The highest BCUT2D eigenvalue weighted by Gasteiger charge is 2.33. The largest absolute Gasteiger partial charge is 0.383 e. The van der Waals surface area contributed by atoms with Gasteiger partial charge in [-0.3, -0.25) is 9.48 Å². The number of methoxy groups -OCH3 is 1. The fourth-order valence-corrected chi connectivity index (χ4v) is 4.15. The number of nitrogens with zero attached hydrogens (tertiary/aromatic N) is 3. The van der Waals surface area contributed by atoms with Gasteiger partial charge in [0.2, 0.25) is 5.91 Å². The van der Waals surface area contributed by atoms with E-state index in [1.807, 2.05) is 43.0 Å². The molecule has 1 aliphatic rings. The first kappa shape index (κ1) is 19.6. The van der Waals surface area contributed by atoms with E-state index in [9.17, 15) is 4.79 Å². The summed E-state index contributed by atoms with van der Waals surface area (Å²) in [6, 6.07) is 7.74. The first-order valence-electron chi connectivity index (χ1n) is 9.88. The summed E-state index contributed by atoms with van der Waals surface area (Å²) in [5, 5.41) is 8.61. The molecule has 154 valence electrons. The normalized spacial score (nSPS) is 19.2. The summed E-state index contributed by atoms with van der Waals surface area (Å²) < 4.78 is 9.20. The molecule has 2 unspecified atom stereocenters. The lowest BCUT2D eigenvalue weighted by molar-refractivity contribution is -0.117. The molecule has 3 heterocycles. The van der Waals surface area contributed by atoms with Crippen LogP contribution in [0.4, 0.5) is 5.69 Å². The van der Waals surface area contributed by atoms with Gasteiger partial charge in [-0.2, -0.15) is 5.10 Å². The average Bonchev–Trinajstić information content (AvgIpc) is 3.39. The lowest BCUT2D eigenvalue weighted by Crippen LogP contribution is -2.39. The fraction of sp³-hybridized carbons (Fsp3) is 0.429. The lowest BCUT2D eigenvalue weighted by Gasteiger charge is -2.12. The van der Waals surface area contributed by atoms with Crippen LogP contribution < -0.4 is 16.2 Å². The highest BCUT2D eigenvalue weighted by Crippen LogP contribution is 2.29. The number of hydrogen-bond donors (Lipinski definition) is 3. The number of aryl methyl sites for hydroxylation is 2. The molecule has 3 aromatic rings. The van der Waals surface area contributed by atoms with Crippen LogP contribution in [0.1, 0.15) is 29.4 Å². The Balaban J connectivity index is 1.48. The molecule has 1 aromatic carbocycles. The third-order valence-electron chi connectivity index (χ3n) is 5.74. The number of benzene rings is 1. The zero-order chi connectivity index (χ0) is 20.5. The Hall–Kier alpha value is -2.68. The second-order valence-corrected chi connectivity index (χ2v) is 7.57. The van der Waals surface area contributed by atoms with Crippen LogP contribution in [-0.4, -0.2) is 40.0 Å². The molecule has 0 spiro atoms.